The molecule has 2 saturated heterocycles. The minimum atomic E-state index is -0.832. The molecule has 1 atom stereocenters. The average molecular weight is 952 g/mol. The van der Waals surface area contributed by atoms with Gasteiger partial charge in [-0.2, -0.15) is 5.10 Å². The number of rotatable bonds is 25. The summed E-state index contributed by atoms with van der Waals surface area (Å²) in [5, 5.41) is 23.9. The Morgan fingerprint density at radius 2 is 1.56 bits per heavy atom. The van der Waals surface area contributed by atoms with Crippen LogP contribution in [-0.2, 0) is 46.4 Å². The lowest BCUT2D eigenvalue weighted by molar-refractivity contribution is -0.136. The number of halogens is 2. The number of nitrogens with one attached hydrogen (secondary N) is 3. The molecule has 20 nitrogen and oxygen atoms in total. The Labute approximate surface area is 391 Å². The van der Waals surface area contributed by atoms with Crippen molar-refractivity contribution >= 4 is 63.1 Å². The largest absolute Gasteiger partial charge is 0.382 e. The molecule has 0 aliphatic carbocycles. The van der Waals surface area contributed by atoms with Crippen LogP contribution in [0.4, 0.5) is 17.3 Å². The molecule has 5 aromatic rings. The molecule has 1 unspecified atom stereocenters. The predicted molar refractivity (Wildman–Crippen MR) is 249 cm³/mol. The molecule has 2 aromatic carbocycles. The summed E-state index contributed by atoms with van der Waals surface area (Å²) in [6.07, 6.45) is 7.40. The number of piperidine rings is 2. The van der Waals surface area contributed by atoms with E-state index in [2.05, 4.69) is 53.2 Å². The van der Waals surface area contributed by atoms with Crippen molar-refractivity contribution < 1.29 is 33.3 Å². The van der Waals surface area contributed by atoms with E-state index in [9.17, 15) is 14.4 Å². The number of aromatic nitrogens is 7. The van der Waals surface area contributed by atoms with Gasteiger partial charge in [0.25, 0.3) is 11.5 Å². The van der Waals surface area contributed by atoms with Gasteiger partial charge >= 0.3 is 0 Å². The van der Waals surface area contributed by atoms with Crippen molar-refractivity contribution in [3.05, 3.63) is 81.1 Å². The third-order valence-corrected chi connectivity index (χ3v) is 12.1. The minimum absolute atomic E-state index is 0.0747. The van der Waals surface area contributed by atoms with E-state index in [4.69, 9.17) is 52.6 Å². The molecule has 2 aliphatic heterocycles. The quantitative estimate of drug-likeness (QED) is 0.0483. The first-order chi connectivity index (χ1) is 32.1. The van der Waals surface area contributed by atoms with Crippen molar-refractivity contribution in [2.75, 3.05) is 102 Å². The van der Waals surface area contributed by atoms with Crippen molar-refractivity contribution in [1.29, 1.82) is 0 Å². The van der Waals surface area contributed by atoms with E-state index in [1.165, 1.54) is 0 Å². The Kier molecular flexibility index (Phi) is 17.6. The molecule has 0 bridgehead atoms. The molecule has 5 heterocycles. The number of fused-ring (bicyclic) bond motifs is 1. The van der Waals surface area contributed by atoms with Gasteiger partial charge in [-0.3, -0.25) is 19.7 Å². The molecule has 2 fully saturated rings. The Bertz CT molecular complexity index is 2470. The maximum Gasteiger partial charge on any atom is 0.277 e. The Hall–Kier alpha value is -5.32. The van der Waals surface area contributed by atoms with Crippen molar-refractivity contribution in [1.82, 2.24) is 45.4 Å². The van der Waals surface area contributed by atoms with Crippen molar-refractivity contribution in [2.24, 2.45) is 0 Å². The number of ether oxygens (including phenoxy) is 5. The summed E-state index contributed by atoms with van der Waals surface area (Å²) in [5.41, 5.74) is 8.47. The highest BCUT2D eigenvalue weighted by atomic mass is 35.5. The number of imide groups is 1. The fraction of sp³-hybridized carbons (Fsp3) is 0.500. The van der Waals surface area contributed by atoms with E-state index in [0.29, 0.717) is 129 Å². The molecular formula is C44H56Cl2N12O8. The molecular weight excluding hydrogens is 895 g/mol. The van der Waals surface area contributed by atoms with Gasteiger partial charge < -0.3 is 45.0 Å². The molecule has 5 N–H and O–H groups in total. The zero-order chi connectivity index (χ0) is 46.3. The summed E-state index contributed by atoms with van der Waals surface area (Å²) in [6.45, 7) is 9.81. The number of carbonyl (C=O) groups excluding carboxylic acids is 2. The highest BCUT2D eigenvalue weighted by Gasteiger charge is 2.32. The first-order valence-electron chi connectivity index (χ1n) is 22.0. The van der Waals surface area contributed by atoms with E-state index in [-0.39, 0.29) is 24.3 Å². The molecule has 3 aromatic heterocycles. The van der Waals surface area contributed by atoms with E-state index < -0.39 is 17.5 Å². The fourth-order valence-corrected chi connectivity index (χ4v) is 7.96. The number of nitrogens with zero attached hydrogens (tertiary/aromatic N) is 8. The van der Waals surface area contributed by atoms with E-state index in [0.717, 1.165) is 42.1 Å². The SMILES string of the molecule is CC1(NCc2cn(CCOCCOCCOCCOCCOCCNc3cccc4cnn(C5CCC(=O)NC5=O)c(=O)c34)nn2)CCN(c2cnc(-c3cccc(Cl)c3Cl)c(N)n2)CC1. The maximum atomic E-state index is 13.3. The second-order valence-corrected chi connectivity index (χ2v) is 16.8. The van der Waals surface area contributed by atoms with Gasteiger partial charge in [0.2, 0.25) is 5.91 Å². The van der Waals surface area contributed by atoms with E-state index in [1.54, 1.807) is 35.3 Å². The monoisotopic (exact) mass is 950 g/mol. The van der Waals surface area contributed by atoms with Crippen LogP contribution in [0.25, 0.3) is 22.0 Å². The van der Waals surface area contributed by atoms with Crippen LogP contribution in [0.3, 0.4) is 0 Å². The second kappa shape index (κ2) is 23.9. The standard InChI is InChI=1S/C44H56Cl2N12O8/c1-44(10-13-56(14-11-44)36-28-49-40(41(47)52-36)32-5-3-6-33(45)39(32)46)50-27-31-29-57(55-54-31)15-17-63-19-21-65-23-25-66-24-22-64-20-18-62-16-12-48-34-7-2-4-30-26-51-58(43(61)38(30)34)35-8-9-37(59)53-42(35)60/h2-7,26,28-29,35,48,50H,8-25,27H2,1H3,(H2,47,52)(H,53,59,60). The smallest absolute Gasteiger partial charge is 0.277 e. The minimum Gasteiger partial charge on any atom is -0.382 e. The van der Waals surface area contributed by atoms with Crippen LogP contribution in [-0.4, -0.2) is 138 Å². The summed E-state index contributed by atoms with van der Waals surface area (Å²) in [5.74, 6) is 0.160. The average Bonchev–Trinajstić information content (AvgIpc) is 3.77. The van der Waals surface area contributed by atoms with Gasteiger partial charge in [-0.15, -0.1) is 5.10 Å². The lowest BCUT2D eigenvalue weighted by Gasteiger charge is -2.40. The summed E-state index contributed by atoms with van der Waals surface area (Å²) in [4.78, 5) is 48.6. The molecule has 2 aliphatic rings. The van der Waals surface area contributed by atoms with Gasteiger partial charge in [0.05, 0.1) is 106 Å². The van der Waals surface area contributed by atoms with E-state index in [1.807, 2.05) is 24.4 Å². The molecule has 7 rings (SSSR count). The number of benzene rings is 2. The lowest BCUT2D eigenvalue weighted by atomic mass is 9.89. The molecule has 0 spiro atoms. The zero-order valence-electron chi connectivity index (χ0n) is 36.9. The molecule has 0 saturated carbocycles. The Morgan fingerprint density at radius 3 is 2.26 bits per heavy atom. The van der Waals surface area contributed by atoms with Gasteiger partial charge in [0, 0.05) is 61.0 Å². The summed E-state index contributed by atoms with van der Waals surface area (Å²) < 4.78 is 31.1. The first kappa shape index (κ1) is 48.6. The van der Waals surface area contributed by atoms with Gasteiger partial charge in [-0.1, -0.05) is 52.7 Å². The molecule has 354 valence electrons. The number of nitrogen functional groups attached to an aromatic ring is 1. The summed E-state index contributed by atoms with van der Waals surface area (Å²) in [7, 11) is 0. The third-order valence-electron chi connectivity index (χ3n) is 11.3. The van der Waals surface area contributed by atoms with Crippen LogP contribution in [0.1, 0.15) is 44.3 Å². The number of anilines is 3. The van der Waals surface area contributed by atoms with Crippen LogP contribution in [0, 0.1) is 0 Å². The topological polar surface area (TPSA) is 237 Å². The summed E-state index contributed by atoms with van der Waals surface area (Å²) >= 11 is 12.6. The lowest BCUT2D eigenvalue weighted by Crippen LogP contribution is -2.51. The van der Waals surface area contributed by atoms with Crippen LogP contribution >= 0.6 is 23.2 Å². The Balaban J connectivity index is 0.666. The highest BCUT2D eigenvalue weighted by Crippen LogP contribution is 2.35. The van der Waals surface area contributed by atoms with Crippen LogP contribution < -0.4 is 32.1 Å². The first-order valence-corrected chi connectivity index (χ1v) is 22.8. The van der Waals surface area contributed by atoms with Crippen molar-refractivity contribution in [3.8, 4) is 11.3 Å². The second-order valence-electron chi connectivity index (χ2n) is 16.1. The van der Waals surface area contributed by atoms with Gasteiger partial charge in [-0.05, 0) is 38.3 Å². The van der Waals surface area contributed by atoms with Crippen molar-refractivity contribution in [3.63, 3.8) is 0 Å². The molecule has 66 heavy (non-hydrogen) atoms. The van der Waals surface area contributed by atoms with Crippen LogP contribution in [0.15, 0.2) is 59.8 Å². The zero-order valence-corrected chi connectivity index (χ0v) is 38.4. The number of hydrogen-bond donors (Lipinski definition) is 4. The van der Waals surface area contributed by atoms with Crippen LogP contribution in [0.2, 0.25) is 10.0 Å². The van der Waals surface area contributed by atoms with Crippen molar-refractivity contribution in [2.45, 2.75) is 57.3 Å². The van der Waals surface area contributed by atoms with Gasteiger partial charge in [-0.25, -0.2) is 19.3 Å². The van der Waals surface area contributed by atoms with Gasteiger partial charge in [0.15, 0.2) is 5.82 Å². The van der Waals surface area contributed by atoms with E-state index >= 15 is 0 Å². The van der Waals surface area contributed by atoms with Gasteiger partial charge in [0.1, 0.15) is 17.6 Å². The molecule has 2 amide bonds. The third kappa shape index (κ3) is 13.2. The fourth-order valence-electron chi connectivity index (χ4n) is 7.57. The number of amides is 2. The maximum absolute atomic E-state index is 13.3. The Morgan fingerprint density at radius 1 is 0.879 bits per heavy atom. The molecule has 0 radical (unpaired) electrons. The number of carbonyl (C=O) groups is 2. The predicted octanol–water partition coefficient (Wildman–Crippen LogP) is 3.66. The van der Waals surface area contributed by atoms with Crippen LogP contribution in [0.5, 0.6) is 0 Å². The highest BCUT2D eigenvalue weighted by molar-refractivity contribution is 6.43. The normalized spacial score (nSPS) is 16.2. The molecule has 22 heteroatoms. The number of nitrogens with two attached hydrogens (primary N) is 1. The summed E-state index contributed by atoms with van der Waals surface area (Å²) in [6, 6.07) is 9.92. The number of hydrogen-bond acceptors (Lipinski definition) is 17.